The van der Waals surface area contributed by atoms with Gasteiger partial charge in [-0.15, -0.1) is 0 Å². The maximum atomic E-state index is 12.5. The van der Waals surface area contributed by atoms with Crippen LogP contribution in [-0.2, 0) is 18.7 Å². The lowest BCUT2D eigenvalue weighted by Crippen LogP contribution is -2.52. The Balaban J connectivity index is 3.08. The van der Waals surface area contributed by atoms with Crippen LogP contribution in [0, 0.1) is 0 Å². The van der Waals surface area contributed by atoms with E-state index in [-0.39, 0.29) is 23.1 Å². The molecule has 0 spiro atoms. The number of Topliss-reactive ketones (excluding diaryl/α,β-unsaturated/α-hetero) is 1. The van der Waals surface area contributed by atoms with Crippen LogP contribution in [0.5, 0.6) is 0 Å². The van der Waals surface area contributed by atoms with E-state index in [4.69, 9.17) is 19.4 Å². The van der Waals surface area contributed by atoms with Crippen molar-refractivity contribution in [2.45, 2.75) is 77.7 Å². The Labute approximate surface area is 133 Å². The van der Waals surface area contributed by atoms with Gasteiger partial charge in [0.05, 0.1) is 6.61 Å². The van der Waals surface area contributed by atoms with Crippen LogP contribution in [0.4, 0.5) is 0 Å². The van der Waals surface area contributed by atoms with Gasteiger partial charge in [-0.05, 0) is 32.0 Å². The molecule has 0 aromatic rings. The van der Waals surface area contributed by atoms with Gasteiger partial charge < -0.3 is 19.4 Å². The summed E-state index contributed by atoms with van der Waals surface area (Å²) in [4.78, 5) is 15.6. The molecule has 2 atom stereocenters. The van der Waals surface area contributed by atoms with Crippen LogP contribution in [0.1, 0.15) is 41.5 Å². The summed E-state index contributed by atoms with van der Waals surface area (Å²) in [5.74, 6) is -1.11. The van der Waals surface area contributed by atoms with Gasteiger partial charge in [-0.3, -0.25) is 4.79 Å². The lowest BCUT2D eigenvalue weighted by Gasteiger charge is -2.39. The summed E-state index contributed by atoms with van der Waals surface area (Å²) in [6.45, 7) is 15.8. The third-order valence-corrected chi connectivity index (χ3v) is 8.82. The molecule has 6 nitrogen and oxygen atoms in total. The van der Waals surface area contributed by atoms with Gasteiger partial charge in [0.2, 0.25) is 0 Å². The number of hydrogen-bond donors (Lipinski definition) is 0. The number of ether oxygens (including phenoxy) is 2. The van der Waals surface area contributed by atoms with E-state index >= 15 is 0 Å². The molecular weight excluding hydrogens is 300 g/mol. The molecule has 0 saturated carbocycles. The zero-order valence-corrected chi connectivity index (χ0v) is 15.9. The van der Waals surface area contributed by atoms with Crippen molar-refractivity contribution in [2.24, 2.45) is 0 Å². The van der Waals surface area contributed by atoms with Gasteiger partial charge in [0.1, 0.15) is 12.2 Å². The van der Waals surface area contributed by atoms with Gasteiger partial charge in [-0.25, -0.2) is 0 Å². The minimum absolute atomic E-state index is 0.0111. The highest BCUT2D eigenvalue weighted by Gasteiger charge is 2.48. The fraction of sp³-hybridized carbons (Fsp3) is 0.867. The maximum Gasteiger partial charge on any atom is 0.334 e. The summed E-state index contributed by atoms with van der Waals surface area (Å²) in [5, 5.41) is -0.0508. The average Bonchev–Trinajstić information content (AvgIpc) is 2.73. The molecule has 22 heavy (non-hydrogen) atoms. The summed E-state index contributed by atoms with van der Waals surface area (Å²) >= 11 is 0. The Morgan fingerprint density at radius 3 is 2.32 bits per heavy atom. The van der Waals surface area contributed by atoms with E-state index in [9.17, 15) is 4.79 Å². The monoisotopic (exact) mass is 328 g/mol. The number of nitrogens with zero attached hydrogens (tertiary/aromatic N) is 2. The predicted octanol–water partition coefficient (Wildman–Crippen LogP) is 2.79. The summed E-state index contributed by atoms with van der Waals surface area (Å²) < 4.78 is 17.6. The minimum atomic E-state index is -2.20. The van der Waals surface area contributed by atoms with Gasteiger partial charge in [-0.2, -0.15) is 4.79 Å². The van der Waals surface area contributed by atoms with Gasteiger partial charge in [-0.1, -0.05) is 20.8 Å². The van der Waals surface area contributed by atoms with Crippen molar-refractivity contribution in [3.05, 3.63) is 5.53 Å². The Hall–Kier alpha value is -0.853. The topological polar surface area (TPSA) is 81.2 Å². The largest absolute Gasteiger partial charge is 0.404 e. The quantitative estimate of drug-likeness (QED) is 0.336. The Morgan fingerprint density at radius 2 is 1.95 bits per heavy atom. The highest BCUT2D eigenvalue weighted by Crippen LogP contribution is 2.38. The molecule has 1 saturated heterocycles. The van der Waals surface area contributed by atoms with Crippen molar-refractivity contribution >= 4 is 19.8 Å². The van der Waals surface area contributed by atoms with E-state index in [2.05, 4.69) is 38.7 Å². The highest BCUT2D eigenvalue weighted by atomic mass is 28.4. The van der Waals surface area contributed by atoms with E-state index < -0.39 is 26.3 Å². The average molecular weight is 328 g/mol. The van der Waals surface area contributed by atoms with E-state index in [0.717, 1.165) is 0 Å². The summed E-state index contributed by atoms with van der Waals surface area (Å²) in [6.07, 6.45) is -1.33. The Bertz CT molecular complexity index is 490. The Morgan fingerprint density at radius 1 is 1.41 bits per heavy atom. The third-order valence-electron chi connectivity index (χ3n) is 4.36. The first-order valence-corrected chi connectivity index (χ1v) is 10.4. The van der Waals surface area contributed by atoms with Crippen LogP contribution in [0.25, 0.3) is 5.53 Å². The maximum absolute atomic E-state index is 12.5. The van der Waals surface area contributed by atoms with Crippen molar-refractivity contribution in [1.29, 1.82) is 0 Å². The molecule has 0 bridgehead atoms. The van der Waals surface area contributed by atoms with E-state index in [1.807, 2.05) is 0 Å². The molecule has 1 aliphatic heterocycles. The molecule has 0 radical (unpaired) electrons. The van der Waals surface area contributed by atoms with E-state index in [0.29, 0.717) is 0 Å². The lowest BCUT2D eigenvalue weighted by atomic mass is 10.1. The molecule has 0 aromatic carbocycles. The molecule has 126 valence electrons. The number of ketones is 1. The SMILES string of the molecule is CC(=[N+]=[N-])C(=O)[C@H](O[Si](C)(C)C(C)(C)C)[C@H]1COC(C)(C)O1. The molecule has 0 aromatic heterocycles. The molecule has 0 unspecified atom stereocenters. The van der Waals surface area contributed by atoms with Crippen LogP contribution >= 0.6 is 0 Å². The van der Waals surface area contributed by atoms with Crippen molar-refractivity contribution in [2.75, 3.05) is 6.61 Å². The van der Waals surface area contributed by atoms with Gasteiger partial charge in [0.25, 0.3) is 5.78 Å². The van der Waals surface area contributed by atoms with Crippen LogP contribution < -0.4 is 0 Å². The molecule has 1 fully saturated rings. The van der Waals surface area contributed by atoms with Crippen LogP contribution in [0.15, 0.2) is 0 Å². The zero-order chi connectivity index (χ0) is 17.3. The van der Waals surface area contributed by atoms with E-state index in [1.54, 1.807) is 13.8 Å². The first-order valence-electron chi connectivity index (χ1n) is 7.53. The fourth-order valence-corrected chi connectivity index (χ4v) is 3.16. The van der Waals surface area contributed by atoms with Crippen molar-refractivity contribution < 1.29 is 23.5 Å². The molecule has 1 rings (SSSR count). The predicted molar refractivity (Wildman–Crippen MR) is 86.3 cm³/mol. The lowest BCUT2D eigenvalue weighted by molar-refractivity contribution is -0.155. The second kappa shape index (κ2) is 6.33. The third kappa shape index (κ3) is 4.33. The second-order valence-electron chi connectivity index (χ2n) is 7.72. The van der Waals surface area contributed by atoms with Crippen molar-refractivity contribution in [3.63, 3.8) is 0 Å². The second-order valence-corrected chi connectivity index (χ2v) is 12.5. The molecule has 0 N–H and O–H groups in total. The van der Waals surface area contributed by atoms with Crippen LogP contribution in [0.2, 0.25) is 18.1 Å². The smallest absolute Gasteiger partial charge is 0.334 e. The summed E-state index contributed by atoms with van der Waals surface area (Å²) in [5.41, 5.74) is 8.92. The molecule has 7 heteroatoms. The van der Waals surface area contributed by atoms with Crippen molar-refractivity contribution in [1.82, 2.24) is 0 Å². The summed E-state index contributed by atoms with van der Waals surface area (Å²) in [6, 6.07) is 0. The van der Waals surface area contributed by atoms with Gasteiger partial charge in [0.15, 0.2) is 14.1 Å². The van der Waals surface area contributed by atoms with Crippen LogP contribution in [0.3, 0.4) is 0 Å². The van der Waals surface area contributed by atoms with Gasteiger partial charge >= 0.3 is 5.71 Å². The number of carbonyl (C=O) groups excluding carboxylic acids is 1. The molecular formula is C15H28N2O4Si. The highest BCUT2D eigenvalue weighted by molar-refractivity contribution is 6.74. The van der Waals surface area contributed by atoms with Gasteiger partial charge in [0, 0.05) is 6.92 Å². The normalized spacial score (nSPS) is 23.0. The zero-order valence-electron chi connectivity index (χ0n) is 14.9. The molecule has 1 aliphatic rings. The molecule has 0 amide bonds. The fourth-order valence-electron chi connectivity index (χ4n) is 1.91. The Kier molecular flexibility index (Phi) is 5.53. The first kappa shape index (κ1) is 19.2. The molecule has 1 heterocycles. The number of hydrogen-bond acceptors (Lipinski definition) is 4. The number of carbonyl (C=O) groups is 1. The minimum Gasteiger partial charge on any atom is -0.404 e. The van der Waals surface area contributed by atoms with Crippen molar-refractivity contribution in [3.8, 4) is 0 Å². The van der Waals surface area contributed by atoms with Crippen LogP contribution in [-0.4, -0.2) is 49.2 Å². The molecule has 0 aliphatic carbocycles. The number of rotatable bonds is 5. The first-order chi connectivity index (χ1) is 9.81. The standard InChI is InChI=1S/C15H28N2O4Si/c1-10(17-16)12(18)13(11-9-19-15(5,6)20-11)21-22(7,8)14(2,3)4/h11,13H,9H2,1-8H3/t11-,13-/m1/s1. The summed E-state index contributed by atoms with van der Waals surface area (Å²) in [7, 11) is -2.20. The van der Waals surface area contributed by atoms with E-state index in [1.165, 1.54) is 6.92 Å².